The smallest absolute Gasteiger partial charge is 0.325 e. The van der Waals surface area contributed by atoms with E-state index in [1.54, 1.807) is 31.2 Å². The summed E-state index contributed by atoms with van der Waals surface area (Å²) in [4.78, 5) is 26.6. The molecule has 7 nitrogen and oxygen atoms in total. The molecule has 3 aromatic carbocycles. The van der Waals surface area contributed by atoms with Gasteiger partial charge in [-0.3, -0.25) is 9.69 Å². The lowest BCUT2D eigenvalue weighted by Crippen LogP contribution is -2.41. The molecule has 1 atom stereocenters. The van der Waals surface area contributed by atoms with Crippen molar-refractivity contribution in [2.45, 2.75) is 12.5 Å². The summed E-state index contributed by atoms with van der Waals surface area (Å²) in [5.74, 6) is -0.832. The highest BCUT2D eigenvalue weighted by Crippen LogP contribution is 2.33. The summed E-state index contributed by atoms with van der Waals surface area (Å²) >= 11 is 0. The molecule has 3 amide bonds. The molecule has 0 bridgehead atoms. The van der Waals surface area contributed by atoms with Crippen molar-refractivity contribution in [2.75, 3.05) is 12.3 Å². The number of para-hydroxylation sites is 1. The fraction of sp³-hybridized carbons (Fsp3) is 0.182. The van der Waals surface area contributed by atoms with E-state index in [9.17, 15) is 18.0 Å². The third kappa shape index (κ3) is 3.61. The second-order valence-electron chi connectivity index (χ2n) is 7.20. The van der Waals surface area contributed by atoms with Crippen molar-refractivity contribution in [3.8, 4) is 5.75 Å². The molecule has 0 aliphatic carbocycles. The van der Waals surface area contributed by atoms with Crippen molar-refractivity contribution in [3.05, 3.63) is 78.4 Å². The normalized spacial score (nSPS) is 19.2. The van der Waals surface area contributed by atoms with Gasteiger partial charge in [0.15, 0.2) is 0 Å². The van der Waals surface area contributed by atoms with Gasteiger partial charge in [0, 0.05) is 6.54 Å². The van der Waals surface area contributed by atoms with E-state index in [0.29, 0.717) is 5.56 Å². The Labute approximate surface area is 174 Å². The predicted molar refractivity (Wildman–Crippen MR) is 112 cm³/mol. The molecule has 154 valence electrons. The van der Waals surface area contributed by atoms with E-state index in [-0.39, 0.29) is 12.3 Å². The van der Waals surface area contributed by atoms with Gasteiger partial charge in [-0.15, -0.1) is 0 Å². The molecule has 4 rings (SSSR count). The van der Waals surface area contributed by atoms with E-state index in [4.69, 9.17) is 4.18 Å². The van der Waals surface area contributed by atoms with Crippen LogP contribution in [0.15, 0.2) is 72.8 Å². The highest BCUT2D eigenvalue weighted by molar-refractivity contribution is 7.87. The number of hydrogen-bond acceptors (Lipinski definition) is 5. The number of urea groups is 1. The minimum atomic E-state index is -3.98. The number of rotatable bonds is 6. The van der Waals surface area contributed by atoms with Gasteiger partial charge in [-0.05, 0) is 35.4 Å². The summed E-state index contributed by atoms with van der Waals surface area (Å²) in [7, 11) is -3.98. The highest BCUT2D eigenvalue weighted by Gasteiger charge is 2.49. The molecular formula is C22H20N2O5S. The third-order valence-electron chi connectivity index (χ3n) is 5.13. The zero-order valence-electron chi connectivity index (χ0n) is 16.2. The predicted octanol–water partition coefficient (Wildman–Crippen LogP) is 3.02. The summed E-state index contributed by atoms with van der Waals surface area (Å²) in [6, 6.07) is 20.5. The van der Waals surface area contributed by atoms with E-state index in [1.165, 1.54) is 12.1 Å². The van der Waals surface area contributed by atoms with Gasteiger partial charge in [-0.25, -0.2) is 4.79 Å². The maximum atomic E-state index is 13.2. The molecule has 1 unspecified atom stereocenters. The molecule has 8 heteroatoms. The van der Waals surface area contributed by atoms with E-state index in [2.05, 4.69) is 5.32 Å². The maximum absolute atomic E-state index is 13.2. The Balaban J connectivity index is 1.55. The Morgan fingerprint density at radius 1 is 0.933 bits per heavy atom. The second-order valence-corrected chi connectivity index (χ2v) is 8.89. The number of fused-ring (bicyclic) bond motifs is 1. The Kier molecular flexibility index (Phi) is 4.95. The van der Waals surface area contributed by atoms with Crippen LogP contribution in [0.25, 0.3) is 10.8 Å². The summed E-state index contributed by atoms with van der Waals surface area (Å²) < 4.78 is 29.6. The molecule has 1 saturated heterocycles. The molecule has 0 saturated carbocycles. The average molecular weight is 424 g/mol. The zero-order valence-corrected chi connectivity index (χ0v) is 17.1. The van der Waals surface area contributed by atoms with Crippen molar-refractivity contribution in [2.24, 2.45) is 0 Å². The van der Waals surface area contributed by atoms with E-state index in [0.717, 1.165) is 15.7 Å². The zero-order chi connectivity index (χ0) is 21.4. The largest absolute Gasteiger partial charge is 0.382 e. The van der Waals surface area contributed by atoms with Crippen LogP contribution in [-0.4, -0.2) is 37.6 Å². The fourth-order valence-electron chi connectivity index (χ4n) is 3.61. The average Bonchev–Trinajstić information content (AvgIpc) is 2.95. The van der Waals surface area contributed by atoms with Crippen molar-refractivity contribution >= 4 is 32.8 Å². The Bertz CT molecular complexity index is 1220. The van der Waals surface area contributed by atoms with Gasteiger partial charge in [0.1, 0.15) is 17.0 Å². The molecule has 1 N–H and O–H groups in total. The first kappa shape index (κ1) is 19.9. The lowest BCUT2D eigenvalue weighted by molar-refractivity contribution is -0.130. The number of benzene rings is 3. The topological polar surface area (TPSA) is 92.8 Å². The Hall–Kier alpha value is -3.39. The van der Waals surface area contributed by atoms with E-state index >= 15 is 0 Å². The van der Waals surface area contributed by atoms with Crippen LogP contribution in [0.4, 0.5) is 4.79 Å². The van der Waals surface area contributed by atoms with Crippen molar-refractivity contribution in [1.29, 1.82) is 0 Å². The summed E-state index contributed by atoms with van der Waals surface area (Å²) in [5.41, 5.74) is -0.632. The first-order chi connectivity index (χ1) is 14.3. The molecule has 0 spiro atoms. The molecule has 0 aromatic heterocycles. The lowest BCUT2D eigenvalue weighted by atomic mass is 9.88. The van der Waals surface area contributed by atoms with Gasteiger partial charge in [0.05, 0.1) is 0 Å². The van der Waals surface area contributed by atoms with Gasteiger partial charge >= 0.3 is 16.1 Å². The first-order valence-electron chi connectivity index (χ1n) is 9.40. The molecule has 0 radical (unpaired) electrons. The highest BCUT2D eigenvalue weighted by atomic mass is 32.2. The van der Waals surface area contributed by atoms with E-state index < -0.39 is 33.3 Å². The van der Waals surface area contributed by atoms with Crippen LogP contribution in [0.5, 0.6) is 5.75 Å². The molecule has 30 heavy (non-hydrogen) atoms. The van der Waals surface area contributed by atoms with Crippen LogP contribution in [0, 0.1) is 0 Å². The molecule has 1 aliphatic rings. The van der Waals surface area contributed by atoms with Gasteiger partial charge in [0.2, 0.25) is 0 Å². The quantitative estimate of drug-likeness (QED) is 0.485. The number of amides is 3. The number of imide groups is 1. The van der Waals surface area contributed by atoms with Gasteiger partial charge in [0.25, 0.3) is 5.91 Å². The van der Waals surface area contributed by atoms with Crippen LogP contribution in [0.1, 0.15) is 12.5 Å². The molecular weight excluding hydrogens is 404 g/mol. The van der Waals surface area contributed by atoms with Crippen molar-refractivity contribution in [3.63, 3.8) is 0 Å². The minimum Gasteiger partial charge on any atom is -0.382 e. The SMILES string of the molecule is CC1(c2cccc3ccccc23)NC(=O)N(CCS(=O)(=O)Oc2ccccc2)C1=O. The van der Waals surface area contributed by atoms with Crippen molar-refractivity contribution < 1.29 is 22.2 Å². The van der Waals surface area contributed by atoms with Crippen LogP contribution < -0.4 is 9.50 Å². The number of carbonyl (C=O) groups excluding carboxylic acids is 2. The monoisotopic (exact) mass is 424 g/mol. The van der Waals surface area contributed by atoms with Gasteiger partial charge < -0.3 is 9.50 Å². The van der Waals surface area contributed by atoms with Crippen LogP contribution in [-0.2, 0) is 20.5 Å². The fourth-order valence-corrected chi connectivity index (χ4v) is 4.51. The second kappa shape index (κ2) is 7.46. The summed E-state index contributed by atoms with van der Waals surface area (Å²) in [6.07, 6.45) is 0. The van der Waals surface area contributed by atoms with Crippen LogP contribution in [0.3, 0.4) is 0 Å². The molecule has 3 aromatic rings. The Morgan fingerprint density at radius 3 is 2.37 bits per heavy atom. The van der Waals surface area contributed by atoms with Gasteiger partial charge in [-0.2, -0.15) is 8.42 Å². The molecule has 1 aliphatic heterocycles. The molecule has 1 heterocycles. The number of hydrogen-bond donors (Lipinski definition) is 1. The van der Waals surface area contributed by atoms with Gasteiger partial charge in [-0.1, -0.05) is 60.7 Å². The van der Waals surface area contributed by atoms with Crippen LogP contribution >= 0.6 is 0 Å². The first-order valence-corrected chi connectivity index (χ1v) is 11.0. The third-order valence-corrected chi connectivity index (χ3v) is 6.26. The minimum absolute atomic E-state index is 0.176. The lowest BCUT2D eigenvalue weighted by Gasteiger charge is -2.24. The van der Waals surface area contributed by atoms with Crippen LogP contribution in [0.2, 0.25) is 0 Å². The maximum Gasteiger partial charge on any atom is 0.325 e. The Morgan fingerprint density at radius 2 is 1.60 bits per heavy atom. The number of nitrogens with one attached hydrogen (secondary N) is 1. The van der Waals surface area contributed by atoms with E-state index in [1.807, 2.05) is 36.4 Å². The number of nitrogens with zero attached hydrogens (tertiary/aromatic N) is 1. The van der Waals surface area contributed by atoms with Crippen molar-refractivity contribution in [1.82, 2.24) is 10.2 Å². The summed E-state index contributed by atoms with van der Waals surface area (Å²) in [6.45, 7) is 1.32. The number of carbonyl (C=O) groups is 2. The standard InChI is InChI=1S/C22H20N2O5S/c1-22(19-13-7-9-16-8-5-6-12-18(16)19)20(25)24(21(26)23-22)14-15-30(27,28)29-17-10-3-2-4-11-17/h2-13H,14-15H2,1H3,(H,23,26). The summed E-state index contributed by atoms with van der Waals surface area (Å²) in [5, 5.41) is 4.51. The molecule has 1 fully saturated rings.